The van der Waals surface area contributed by atoms with Crippen LogP contribution in [-0.2, 0) is 6.54 Å². The number of aromatic nitrogens is 2. The van der Waals surface area contributed by atoms with Crippen LogP contribution in [0.15, 0.2) is 21.9 Å². The Kier molecular flexibility index (Phi) is 4.65. The van der Waals surface area contributed by atoms with Crippen LogP contribution in [0.2, 0.25) is 0 Å². The molecule has 0 atom stereocenters. The van der Waals surface area contributed by atoms with Crippen LogP contribution < -0.4 is 15.8 Å². The van der Waals surface area contributed by atoms with Crippen molar-refractivity contribution in [1.29, 1.82) is 0 Å². The Morgan fingerprint density at radius 1 is 1.27 bits per heavy atom. The van der Waals surface area contributed by atoms with E-state index >= 15 is 0 Å². The highest BCUT2D eigenvalue weighted by molar-refractivity contribution is 7.03. The van der Waals surface area contributed by atoms with Gasteiger partial charge in [0, 0.05) is 13.6 Å². The average molecular weight is 320 g/mol. The number of benzene rings is 1. The van der Waals surface area contributed by atoms with Gasteiger partial charge in [0.1, 0.15) is 0 Å². The molecule has 2 rings (SSSR count). The quantitative estimate of drug-likeness (QED) is 0.918. The van der Waals surface area contributed by atoms with Crippen molar-refractivity contribution >= 4 is 17.6 Å². The lowest BCUT2D eigenvalue weighted by molar-refractivity contribution is 0.250. The number of hydrogen-bond acceptors (Lipinski definition) is 3. The first kappa shape index (κ1) is 16.2. The molecule has 6 nitrogen and oxygen atoms in total. The van der Waals surface area contributed by atoms with Crippen molar-refractivity contribution in [1.82, 2.24) is 13.8 Å². The zero-order valence-corrected chi connectivity index (χ0v) is 14.2. The molecule has 0 fully saturated rings. The fourth-order valence-electron chi connectivity index (χ4n) is 2.50. The summed E-state index contributed by atoms with van der Waals surface area (Å²) in [6.45, 7) is 8.36. The lowest BCUT2D eigenvalue weighted by Gasteiger charge is -2.11. The van der Waals surface area contributed by atoms with Crippen LogP contribution >= 0.6 is 11.5 Å². The van der Waals surface area contributed by atoms with Gasteiger partial charge in [-0.1, -0.05) is 17.7 Å². The predicted octanol–water partition coefficient (Wildman–Crippen LogP) is 1.89. The lowest BCUT2D eigenvalue weighted by Crippen LogP contribution is -2.30. The van der Waals surface area contributed by atoms with Gasteiger partial charge >= 0.3 is 11.7 Å². The number of carbonyl (C=O) groups excluding carboxylic acids is 1. The Morgan fingerprint density at radius 3 is 2.36 bits per heavy atom. The Morgan fingerprint density at radius 2 is 1.86 bits per heavy atom. The predicted molar refractivity (Wildman–Crippen MR) is 87.8 cm³/mol. The number of nitrogens with zero attached hydrogens (tertiary/aromatic N) is 3. The molecule has 0 bridgehead atoms. The number of urea groups is 1. The molecule has 0 unspecified atom stereocenters. The maximum atomic E-state index is 12.6. The van der Waals surface area contributed by atoms with E-state index in [1.165, 1.54) is 23.1 Å². The number of aryl methyl sites for hydroxylation is 4. The molecular formula is C15H20N4O2S. The summed E-state index contributed by atoms with van der Waals surface area (Å²) in [6, 6.07) is 3.57. The van der Waals surface area contributed by atoms with Crippen LogP contribution in [0.25, 0.3) is 5.69 Å². The molecule has 22 heavy (non-hydrogen) atoms. The summed E-state index contributed by atoms with van der Waals surface area (Å²) >= 11 is 1.19. The molecule has 1 heterocycles. The van der Waals surface area contributed by atoms with E-state index < -0.39 is 6.03 Å². The number of hydrogen-bond donors (Lipinski definition) is 1. The van der Waals surface area contributed by atoms with Crippen LogP contribution in [0.3, 0.4) is 0 Å². The van der Waals surface area contributed by atoms with E-state index in [4.69, 9.17) is 0 Å². The summed E-state index contributed by atoms with van der Waals surface area (Å²) in [4.78, 5) is 28.6. The molecule has 0 saturated carbocycles. The summed E-state index contributed by atoms with van der Waals surface area (Å²) in [7, 11) is 1.51. The zero-order valence-electron chi connectivity index (χ0n) is 13.4. The molecule has 0 spiro atoms. The molecule has 0 aliphatic carbocycles. The van der Waals surface area contributed by atoms with E-state index in [0.29, 0.717) is 11.3 Å². The van der Waals surface area contributed by atoms with Crippen molar-refractivity contribution in [3.8, 4) is 5.69 Å². The van der Waals surface area contributed by atoms with Crippen molar-refractivity contribution in [2.24, 2.45) is 4.99 Å². The number of rotatable bonds is 2. The van der Waals surface area contributed by atoms with Crippen molar-refractivity contribution < 1.29 is 4.79 Å². The lowest BCUT2D eigenvalue weighted by atomic mass is 10.1. The van der Waals surface area contributed by atoms with Gasteiger partial charge in [-0.05, 0) is 50.4 Å². The minimum absolute atomic E-state index is 0.176. The standard InChI is InChI=1S/C15H20N4O2S/c1-6-18-15(21)19(14(22-18)17-13(20)16-5)12-10(3)7-9(2)8-11(12)4/h7-8H,6H2,1-5H3,(H,16,20)/b17-14-. The molecule has 2 aromatic rings. The van der Waals surface area contributed by atoms with E-state index in [9.17, 15) is 9.59 Å². The van der Waals surface area contributed by atoms with Gasteiger partial charge in [-0.15, -0.1) is 0 Å². The maximum absolute atomic E-state index is 12.6. The third kappa shape index (κ3) is 2.89. The van der Waals surface area contributed by atoms with E-state index in [-0.39, 0.29) is 5.69 Å². The second kappa shape index (κ2) is 6.31. The fourth-order valence-corrected chi connectivity index (χ4v) is 3.36. The number of carbonyl (C=O) groups is 1. The zero-order chi connectivity index (χ0) is 16.4. The fraction of sp³-hybridized carbons (Fsp3) is 0.400. The first-order chi connectivity index (χ1) is 10.4. The van der Waals surface area contributed by atoms with E-state index in [1.54, 1.807) is 3.96 Å². The summed E-state index contributed by atoms with van der Waals surface area (Å²) in [5, 5.41) is 2.45. The molecule has 0 aliphatic rings. The van der Waals surface area contributed by atoms with Crippen LogP contribution in [0, 0.1) is 20.8 Å². The minimum Gasteiger partial charge on any atom is -0.339 e. The van der Waals surface area contributed by atoms with E-state index in [0.717, 1.165) is 22.4 Å². The molecule has 0 radical (unpaired) electrons. The van der Waals surface area contributed by atoms with E-state index in [1.807, 2.05) is 39.8 Å². The van der Waals surface area contributed by atoms with Crippen LogP contribution in [-0.4, -0.2) is 21.6 Å². The van der Waals surface area contributed by atoms with Crippen molar-refractivity contribution in [3.05, 3.63) is 44.1 Å². The van der Waals surface area contributed by atoms with Gasteiger partial charge in [0.15, 0.2) is 0 Å². The second-order valence-corrected chi connectivity index (χ2v) is 6.09. The Bertz CT molecular complexity index is 819. The molecule has 7 heteroatoms. The van der Waals surface area contributed by atoms with Gasteiger partial charge in [0.05, 0.1) is 5.69 Å². The van der Waals surface area contributed by atoms with Gasteiger partial charge in [0.2, 0.25) is 4.80 Å². The van der Waals surface area contributed by atoms with Crippen molar-refractivity contribution in [3.63, 3.8) is 0 Å². The van der Waals surface area contributed by atoms with Crippen LogP contribution in [0.4, 0.5) is 4.79 Å². The Hall–Kier alpha value is -2.15. The molecule has 1 aromatic carbocycles. The van der Waals surface area contributed by atoms with Crippen molar-refractivity contribution in [2.45, 2.75) is 34.2 Å². The normalized spacial score (nSPS) is 11.8. The third-order valence-electron chi connectivity index (χ3n) is 3.35. The monoisotopic (exact) mass is 320 g/mol. The Balaban J connectivity index is 2.86. The van der Waals surface area contributed by atoms with Gasteiger partial charge < -0.3 is 5.32 Å². The second-order valence-electron chi connectivity index (χ2n) is 5.10. The third-order valence-corrected chi connectivity index (χ3v) is 4.42. The molecule has 1 N–H and O–H groups in total. The first-order valence-electron chi connectivity index (χ1n) is 7.06. The highest BCUT2D eigenvalue weighted by Crippen LogP contribution is 2.18. The summed E-state index contributed by atoms with van der Waals surface area (Å²) in [6.07, 6.45) is 0. The first-order valence-corrected chi connectivity index (χ1v) is 7.84. The molecule has 2 amide bonds. The molecule has 0 aliphatic heterocycles. The van der Waals surface area contributed by atoms with Gasteiger partial charge in [-0.3, -0.25) is 0 Å². The Labute approximate surface area is 132 Å². The molecule has 1 aromatic heterocycles. The molecule has 118 valence electrons. The highest BCUT2D eigenvalue weighted by Gasteiger charge is 2.15. The largest absolute Gasteiger partial charge is 0.344 e. The summed E-state index contributed by atoms with van der Waals surface area (Å²) in [5.74, 6) is 0. The number of nitrogens with one attached hydrogen (secondary N) is 1. The molecule has 0 saturated heterocycles. The summed E-state index contributed by atoms with van der Waals surface area (Å²) < 4.78 is 3.11. The highest BCUT2D eigenvalue weighted by atomic mass is 32.1. The van der Waals surface area contributed by atoms with Gasteiger partial charge in [-0.25, -0.2) is 18.1 Å². The number of amides is 2. The van der Waals surface area contributed by atoms with Gasteiger partial charge in [-0.2, -0.15) is 4.99 Å². The topological polar surface area (TPSA) is 68.4 Å². The smallest absolute Gasteiger partial charge is 0.339 e. The van der Waals surface area contributed by atoms with Crippen LogP contribution in [0.5, 0.6) is 0 Å². The van der Waals surface area contributed by atoms with Crippen molar-refractivity contribution in [2.75, 3.05) is 7.05 Å². The summed E-state index contributed by atoms with van der Waals surface area (Å²) in [5.41, 5.74) is 3.71. The average Bonchev–Trinajstić information content (AvgIpc) is 2.75. The van der Waals surface area contributed by atoms with E-state index in [2.05, 4.69) is 10.3 Å². The SMILES string of the molecule is CCn1s/c(=N\C(=O)NC)n(-c2c(C)cc(C)cc2C)c1=O. The maximum Gasteiger partial charge on any atom is 0.344 e. The molecular weight excluding hydrogens is 300 g/mol. The van der Waals surface area contributed by atoms with Crippen LogP contribution in [0.1, 0.15) is 23.6 Å². The minimum atomic E-state index is -0.472. The van der Waals surface area contributed by atoms with Gasteiger partial charge in [0.25, 0.3) is 0 Å².